The first-order valence-corrected chi connectivity index (χ1v) is 5.16. The SMILES string of the molecule is CCC(CN)C1CCN(C)CC1. The molecular weight excluding hydrogens is 148 g/mol. The Morgan fingerprint density at radius 2 is 2.00 bits per heavy atom. The van der Waals surface area contributed by atoms with Crippen molar-refractivity contribution in [1.82, 2.24) is 4.90 Å². The van der Waals surface area contributed by atoms with Crippen molar-refractivity contribution >= 4 is 0 Å². The van der Waals surface area contributed by atoms with Crippen molar-refractivity contribution in [2.24, 2.45) is 17.6 Å². The van der Waals surface area contributed by atoms with Gasteiger partial charge in [0.2, 0.25) is 0 Å². The number of likely N-dealkylation sites (tertiary alicyclic amines) is 1. The average molecular weight is 170 g/mol. The van der Waals surface area contributed by atoms with Gasteiger partial charge in [-0.2, -0.15) is 0 Å². The summed E-state index contributed by atoms with van der Waals surface area (Å²) in [6.45, 7) is 5.67. The first-order chi connectivity index (χ1) is 5.77. The minimum absolute atomic E-state index is 0.777. The molecule has 1 unspecified atom stereocenters. The highest BCUT2D eigenvalue weighted by molar-refractivity contribution is 4.76. The predicted octanol–water partition coefficient (Wildman–Crippen LogP) is 1.31. The molecule has 0 amide bonds. The maximum atomic E-state index is 5.74. The van der Waals surface area contributed by atoms with Gasteiger partial charge in [0.25, 0.3) is 0 Å². The van der Waals surface area contributed by atoms with Gasteiger partial charge in [0.05, 0.1) is 0 Å². The van der Waals surface area contributed by atoms with E-state index in [2.05, 4.69) is 18.9 Å². The Balaban J connectivity index is 2.32. The number of hydrogen-bond donors (Lipinski definition) is 1. The Kier molecular flexibility index (Phi) is 4.02. The molecule has 1 saturated heterocycles. The molecule has 1 fully saturated rings. The molecule has 0 bridgehead atoms. The monoisotopic (exact) mass is 170 g/mol. The fourth-order valence-corrected chi connectivity index (χ4v) is 2.19. The van der Waals surface area contributed by atoms with Crippen LogP contribution in [0.25, 0.3) is 0 Å². The zero-order chi connectivity index (χ0) is 8.97. The van der Waals surface area contributed by atoms with Crippen LogP contribution < -0.4 is 5.73 Å². The highest BCUT2D eigenvalue weighted by Crippen LogP contribution is 2.25. The summed E-state index contributed by atoms with van der Waals surface area (Å²) in [5.41, 5.74) is 5.74. The van der Waals surface area contributed by atoms with E-state index in [4.69, 9.17) is 5.73 Å². The standard InChI is InChI=1S/C10H22N2/c1-3-9(8-11)10-4-6-12(2)7-5-10/h9-10H,3-8,11H2,1-2H3. The van der Waals surface area contributed by atoms with Crippen LogP contribution in [0.15, 0.2) is 0 Å². The van der Waals surface area contributed by atoms with Gasteiger partial charge in [-0.25, -0.2) is 0 Å². The lowest BCUT2D eigenvalue weighted by Crippen LogP contribution is -2.35. The topological polar surface area (TPSA) is 29.3 Å². The van der Waals surface area contributed by atoms with Gasteiger partial charge in [0.1, 0.15) is 0 Å². The van der Waals surface area contributed by atoms with Crippen molar-refractivity contribution in [3.63, 3.8) is 0 Å². The highest BCUT2D eigenvalue weighted by atomic mass is 15.1. The molecular formula is C10H22N2. The van der Waals surface area contributed by atoms with E-state index in [-0.39, 0.29) is 0 Å². The second-order valence-corrected chi connectivity index (χ2v) is 4.04. The zero-order valence-electron chi connectivity index (χ0n) is 8.42. The van der Waals surface area contributed by atoms with Crippen LogP contribution in [0.4, 0.5) is 0 Å². The molecule has 12 heavy (non-hydrogen) atoms. The van der Waals surface area contributed by atoms with Crippen molar-refractivity contribution < 1.29 is 0 Å². The van der Waals surface area contributed by atoms with E-state index in [1.54, 1.807) is 0 Å². The van der Waals surface area contributed by atoms with Gasteiger partial charge < -0.3 is 10.6 Å². The molecule has 0 aromatic rings. The second kappa shape index (κ2) is 4.83. The van der Waals surface area contributed by atoms with Gasteiger partial charge in [-0.15, -0.1) is 0 Å². The molecule has 1 aliphatic rings. The minimum Gasteiger partial charge on any atom is -0.330 e. The molecule has 1 rings (SSSR count). The Bertz CT molecular complexity index is 113. The van der Waals surface area contributed by atoms with Crippen molar-refractivity contribution in [2.45, 2.75) is 26.2 Å². The first-order valence-electron chi connectivity index (χ1n) is 5.16. The summed E-state index contributed by atoms with van der Waals surface area (Å²) in [7, 11) is 2.21. The number of nitrogens with zero attached hydrogens (tertiary/aromatic N) is 1. The van der Waals surface area contributed by atoms with Gasteiger partial charge in [-0.05, 0) is 51.4 Å². The van der Waals surface area contributed by atoms with Crippen LogP contribution >= 0.6 is 0 Å². The lowest BCUT2D eigenvalue weighted by molar-refractivity contribution is 0.170. The molecule has 0 aromatic heterocycles. The molecule has 0 spiro atoms. The first kappa shape index (κ1) is 10.0. The van der Waals surface area contributed by atoms with E-state index < -0.39 is 0 Å². The molecule has 0 radical (unpaired) electrons. The van der Waals surface area contributed by atoms with Crippen LogP contribution in [0.2, 0.25) is 0 Å². The molecule has 0 saturated carbocycles. The Morgan fingerprint density at radius 3 is 2.42 bits per heavy atom. The van der Waals surface area contributed by atoms with E-state index in [1.165, 1.54) is 32.4 Å². The molecule has 2 heteroatoms. The van der Waals surface area contributed by atoms with Crippen molar-refractivity contribution in [2.75, 3.05) is 26.7 Å². The lowest BCUT2D eigenvalue weighted by atomic mass is 9.83. The molecule has 0 aliphatic carbocycles. The molecule has 1 atom stereocenters. The third kappa shape index (κ3) is 2.46. The Labute approximate surface area is 76.1 Å². The summed E-state index contributed by atoms with van der Waals surface area (Å²) in [6, 6.07) is 0. The largest absolute Gasteiger partial charge is 0.330 e. The summed E-state index contributed by atoms with van der Waals surface area (Å²) in [4.78, 5) is 2.42. The van der Waals surface area contributed by atoms with Crippen LogP contribution in [0, 0.1) is 11.8 Å². The van der Waals surface area contributed by atoms with E-state index >= 15 is 0 Å². The number of hydrogen-bond acceptors (Lipinski definition) is 2. The molecule has 1 heterocycles. The third-order valence-electron chi connectivity index (χ3n) is 3.26. The normalized spacial score (nSPS) is 24.2. The Morgan fingerprint density at radius 1 is 1.42 bits per heavy atom. The molecule has 2 nitrogen and oxygen atoms in total. The maximum Gasteiger partial charge on any atom is -0.00190 e. The summed E-state index contributed by atoms with van der Waals surface area (Å²) >= 11 is 0. The van der Waals surface area contributed by atoms with Crippen molar-refractivity contribution in [3.05, 3.63) is 0 Å². The van der Waals surface area contributed by atoms with E-state index in [0.29, 0.717) is 0 Å². The van der Waals surface area contributed by atoms with Crippen LogP contribution in [-0.4, -0.2) is 31.6 Å². The lowest BCUT2D eigenvalue weighted by Gasteiger charge is -2.33. The number of nitrogens with two attached hydrogens (primary N) is 1. The number of piperidine rings is 1. The molecule has 1 aliphatic heterocycles. The van der Waals surface area contributed by atoms with Crippen LogP contribution in [-0.2, 0) is 0 Å². The highest BCUT2D eigenvalue weighted by Gasteiger charge is 2.22. The van der Waals surface area contributed by atoms with Crippen molar-refractivity contribution in [1.29, 1.82) is 0 Å². The quantitative estimate of drug-likeness (QED) is 0.692. The summed E-state index contributed by atoms with van der Waals surface area (Å²) < 4.78 is 0. The van der Waals surface area contributed by atoms with Gasteiger partial charge in [0.15, 0.2) is 0 Å². The fraction of sp³-hybridized carbons (Fsp3) is 1.00. The number of rotatable bonds is 3. The Hall–Kier alpha value is -0.0800. The minimum atomic E-state index is 0.777. The third-order valence-corrected chi connectivity index (χ3v) is 3.26. The van der Waals surface area contributed by atoms with Gasteiger partial charge in [0, 0.05) is 0 Å². The predicted molar refractivity (Wildman–Crippen MR) is 53.1 cm³/mol. The van der Waals surface area contributed by atoms with E-state index in [1.807, 2.05) is 0 Å². The van der Waals surface area contributed by atoms with Gasteiger partial charge in [-0.1, -0.05) is 13.3 Å². The van der Waals surface area contributed by atoms with Crippen LogP contribution in [0.3, 0.4) is 0 Å². The second-order valence-electron chi connectivity index (χ2n) is 4.04. The van der Waals surface area contributed by atoms with Crippen molar-refractivity contribution in [3.8, 4) is 0 Å². The fourth-order valence-electron chi connectivity index (χ4n) is 2.19. The van der Waals surface area contributed by atoms with Gasteiger partial charge in [-0.3, -0.25) is 0 Å². The average Bonchev–Trinajstić information content (AvgIpc) is 2.10. The summed E-state index contributed by atoms with van der Waals surface area (Å²) in [5.74, 6) is 1.68. The van der Waals surface area contributed by atoms with Gasteiger partial charge >= 0.3 is 0 Å². The van der Waals surface area contributed by atoms with E-state index in [9.17, 15) is 0 Å². The summed E-state index contributed by atoms with van der Waals surface area (Å²) in [6.07, 6.45) is 3.96. The summed E-state index contributed by atoms with van der Waals surface area (Å²) in [5, 5.41) is 0. The molecule has 72 valence electrons. The van der Waals surface area contributed by atoms with Crippen LogP contribution in [0.5, 0.6) is 0 Å². The molecule has 2 N–H and O–H groups in total. The smallest absolute Gasteiger partial charge is 0.00190 e. The maximum absolute atomic E-state index is 5.74. The molecule has 0 aromatic carbocycles. The zero-order valence-corrected chi connectivity index (χ0v) is 8.42. The van der Waals surface area contributed by atoms with E-state index in [0.717, 1.165) is 18.4 Å². The van der Waals surface area contributed by atoms with Crippen LogP contribution in [0.1, 0.15) is 26.2 Å².